The molecule has 2 rings (SSSR count). The van der Waals surface area contributed by atoms with Crippen LogP contribution >= 0.6 is 23.4 Å². The second-order valence-corrected chi connectivity index (χ2v) is 7.29. The Hall–Kier alpha value is -2.51. The fourth-order valence-corrected chi connectivity index (χ4v) is 3.22. The van der Waals surface area contributed by atoms with Crippen molar-refractivity contribution in [3.05, 3.63) is 65.2 Å². The summed E-state index contributed by atoms with van der Waals surface area (Å²) in [5, 5.41) is 5.30. The molecule has 0 aliphatic rings. The Morgan fingerprint density at radius 2 is 1.75 bits per heavy atom. The number of ether oxygens (including phenoxy) is 1. The van der Waals surface area contributed by atoms with Crippen molar-refractivity contribution in [2.45, 2.75) is 24.3 Å². The first-order valence-corrected chi connectivity index (χ1v) is 10.1. The Balaban J connectivity index is 1.95. The minimum absolute atomic E-state index is 0.116. The van der Waals surface area contributed by atoms with Crippen LogP contribution in [0, 0.1) is 0 Å². The van der Waals surface area contributed by atoms with Gasteiger partial charge in [-0.05, 0) is 31.2 Å². The molecule has 0 saturated heterocycles. The lowest BCUT2D eigenvalue weighted by molar-refractivity contribution is -0.155. The van der Waals surface area contributed by atoms with Crippen molar-refractivity contribution in [1.82, 2.24) is 10.6 Å². The zero-order chi connectivity index (χ0) is 20.4. The highest BCUT2D eigenvalue weighted by atomic mass is 35.5. The molecule has 0 radical (unpaired) electrons. The minimum atomic E-state index is -1.20. The predicted molar refractivity (Wildman–Crippen MR) is 109 cm³/mol. The van der Waals surface area contributed by atoms with Crippen LogP contribution in [0.15, 0.2) is 59.5 Å². The molecule has 0 heterocycles. The molecule has 148 valence electrons. The monoisotopic (exact) mass is 420 g/mol. The van der Waals surface area contributed by atoms with Gasteiger partial charge in [0.25, 0.3) is 5.91 Å². The van der Waals surface area contributed by atoms with Crippen molar-refractivity contribution in [1.29, 1.82) is 0 Å². The molecular formula is C20H21ClN2O4S. The van der Waals surface area contributed by atoms with Gasteiger partial charge in [-0.25, -0.2) is 4.79 Å². The molecule has 0 aromatic heterocycles. The zero-order valence-electron chi connectivity index (χ0n) is 15.3. The fraction of sp³-hybridized carbons (Fsp3) is 0.250. The number of urea groups is 1. The van der Waals surface area contributed by atoms with Crippen LogP contribution in [0.2, 0.25) is 5.02 Å². The number of nitrogens with one attached hydrogen (secondary N) is 2. The predicted octanol–water partition coefficient (Wildman–Crippen LogP) is 3.95. The smallest absolute Gasteiger partial charge is 0.321 e. The molecule has 6 nitrogen and oxygen atoms in total. The Bertz CT molecular complexity index is 800. The molecule has 0 spiro atoms. The highest BCUT2D eigenvalue weighted by molar-refractivity contribution is 7.99. The summed E-state index contributed by atoms with van der Waals surface area (Å²) in [4.78, 5) is 37.3. The molecule has 2 aromatic rings. The first-order chi connectivity index (χ1) is 13.5. The number of rotatable bonds is 8. The van der Waals surface area contributed by atoms with Crippen molar-refractivity contribution in [2.75, 3.05) is 12.3 Å². The number of amides is 3. The van der Waals surface area contributed by atoms with E-state index in [1.54, 1.807) is 49.4 Å². The van der Waals surface area contributed by atoms with E-state index >= 15 is 0 Å². The second kappa shape index (κ2) is 11.4. The van der Waals surface area contributed by atoms with E-state index in [2.05, 4.69) is 10.6 Å². The number of benzene rings is 2. The highest BCUT2D eigenvalue weighted by Crippen LogP contribution is 2.22. The van der Waals surface area contributed by atoms with Gasteiger partial charge in [-0.2, -0.15) is 0 Å². The topological polar surface area (TPSA) is 84.5 Å². The van der Waals surface area contributed by atoms with Crippen molar-refractivity contribution >= 4 is 41.3 Å². The van der Waals surface area contributed by atoms with Crippen LogP contribution in [0.5, 0.6) is 0 Å². The van der Waals surface area contributed by atoms with E-state index in [1.165, 1.54) is 11.8 Å². The number of hydrogen-bond donors (Lipinski definition) is 2. The van der Waals surface area contributed by atoms with Gasteiger partial charge < -0.3 is 10.1 Å². The SMILES string of the molecule is CCNC(=O)NC(=O)[C@@H](OC(=O)CCSc1ccc(Cl)cc1)c1ccccc1. The molecule has 28 heavy (non-hydrogen) atoms. The molecule has 0 saturated carbocycles. The maximum atomic E-state index is 12.4. The van der Waals surface area contributed by atoms with Crippen molar-refractivity contribution in [3.8, 4) is 0 Å². The van der Waals surface area contributed by atoms with Crippen molar-refractivity contribution < 1.29 is 19.1 Å². The molecule has 3 amide bonds. The second-order valence-electron chi connectivity index (χ2n) is 5.68. The number of carbonyl (C=O) groups excluding carboxylic acids is 3. The normalized spacial score (nSPS) is 11.4. The quantitative estimate of drug-likeness (QED) is 0.499. The van der Waals surface area contributed by atoms with E-state index in [4.69, 9.17) is 16.3 Å². The molecule has 0 bridgehead atoms. The van der Waals surface area contributed by atoms with Crippen LogP contribution in [0.3, 0.4) is 0 Å². The molecule has 0 unspecified atom stereocenters. The number of imide groups is 1. The third-order valence-corrected chi connectivity index (χ3v) is 4.82. The Labute approximate surface area is 173 Å². The van der Waals surface area contributed by atoms with E-state index in [-0.39, 0.29) is 6.42 Å². The van der Waals surface area contributed by atoms with Gasteiger partial charge in [0.2, 0.25) is 6.10 Å². The third-order valence-electron chi connectivity index (χ3n) is 3.55. The highest BCUT2D eigenvalue weighted by Gasteiger charge is 2.26. The molecular weight excluding hydrogens is 400 g/mol. The van der Waals surface area contributed by atoms with Gasteiger partial charge in [0, 0.05) is 27.8 Å². The lowest BCUT2D eigenvalue weighted by Gasteiger charge is -2.17. The number of halogens is 1. The summed E-state index contributed by atoms with van der Waals surface area (Å²) >= 11 is 7.33. The summed E-state index contributed by atoms with van der Waals surface area (Å²) in [6.45, 7) is 2.11. The average molecular weight is 421 g/mol. The summed E-state index contributed by atoms with van der Waals surface area (Å²) in [7, 11) is 0. The first-order valence-electron chi connectivity index (χ1n) is 8.71. The zero-order valence-corrected chi connectivity index (χ0v) is 16.9. The van der Waals surface area contributed by atoms with Crippen LogP contribution in [-0.2, 0) is 14.3 Å². The largest absolute Gasteiger partial charge is 0.447 e. The molecule has 1 atom stereocenters. The van der Waals surface area contributed by atoms with E-state index in [9.17, 15) is 14.4 Å². The maximum Gasteiger partial charge on any atom is 0.321 e. The number of esters is 1. The molecule has 2 N–H and O–H groups in total. The number of thioether (sulfide) groups is 1. The molecule has 0 fully saturated rings. The average Bonchev–Trinajstić information content (AvgIpc) is 2.68. The van der Waals surface area contributed by atoms with Crippen molar-refractivity contribution in [3.63, 3.8) is 0 Å². The summed E-state index contributed by atoms with van der Waals surface area (Å²) in [5.41, 5.74) is 0.489. The van der Waals surface area contributed by atoms with Crippen LogP contribution in [0.25, 0.3) is 0 Å². The Morgan fingerprint density at radius 3 is 2.39 bits per heavy atom. The number of carbonyl (C=O) groups is 3. The lowest BCUT2D eigenvalue weighted by atomic mass is 10.1. The van der Waals surface area contributed by atoms with Gasteiger partial charge in [0.05, 0.1) is 6.42 Å². The minimum Gasteiger partial charge on any atom is -0.447 e. The molecule has 0 aliphatic carbocycles. The fourth-order valence-electron chi connectivity index (χ4n) is 2.26. The van der Waals surface area contributed by atoms with E-state index in [0.29, 0.717) is 22.9 Å². The summed E-state index contributed by atoms with van der Waals surface area (Å²) in [6.07, 6.45) is -1.08. The van der Waals surface area contributed by atoms with E-state index < -0.39 is 24.0 Å². The Morgan fingerprint density at radius 1 is 1.07 bits per heavy atom. The lowest BCUT2D eigenvalue weighted by Crippen LogP contribution is -2.42. The molecule has 2 aromatic carbocycles. The van der Waals surface area contributed by atoms with Crippen LogP contribution in [0.1, 0.15) is 25.0 Å². The maximum absolute atomic E-state index is 12.4. The van der Waals surface area contributed by atoms with Crippen LogP contribution < -0.4 is 10.6 Å². The van der Waals surface area contributed by atoms with Gasteiger partial charge in [-0.3, -0.25) is 14.9 Å². The van der Waals surface area contributed by atoms with E-state index in [0.717, 1.165) is 4.90 Å². The van der Waals surface area contributed by atoms with Crippen LogP contribution in [-0.4, -0.2) is 30.2 Å². The molecule has 0 aliphatic heterocycles. The van der Waals surface area contributed by atoms with Gasteiger partial charge in [0.1, 0.15) is 0 Å². The van der Waals surface area contributed by atoms with Gasteiger partial charge in [-0.1, -0.05) is 41.9 Å². The summed E-state index contributed by atoms with van der Waals surface area (Å²) in [6, 6.07) is 15.2. The van der Waals surface area contributed by atoms with Crippen molar-refractivity contribution in [2.24, 2.45) is 0 Å². The number of hydrogen-bond acceptors (Lipinski definition) is 5. The van der Waals surface area contributed by atoms with Gasteiger partial charge in [-0.15, -0.1) is 11.8 Å². The third kappa shape index (κ3) is 7.25. The Kier molecular flexibility index (Phi) is 8.84. The molecule has 8 heteroatoms. The van der Waals surface area contributed by atoms with Gasteiger partial charge in [0.15, 0.2) is 0 Å². The first kappa shape index (κ1) is 21.8. The van der Waals surface area contributed by atoms with Crippen LogP contribution in [0.4, 0.5) is 4.79 Å². The van der Waals surface area contributed by atoms with Gasteiger partial charge >= 0.3 is 12.0 Å². The summed E-state index contributed by atoms with van der Waals surface area (Å²) < 4.78 is 5.37. The standard InChI is InChI=1S/C20H21ClN2O4S/c1-2-22-20(26)23-19(25)18(14-6-4-3-5-7-14)27-17(24)12-13-28-16-10-8-15(21)9-11-16/h3-11,18H,2,12-13H2,1H3,(H2,22,23,25,26)/t18-/m0/s1. The summed E-state index contributed by atoms with van der Waals surface area (Å²) in [5.74, 6) is -0.739. The van der Waals surface area contributed by atoms with E-state index in [1.807, 2.05) is 12.1 Å².